The molecule has 1 atom stereocenters. The number of amides is 1. The molecule has 1 aliphatic carbocycles. The highest BCUT2D eigenvalue weighted by Gasteiger charge is 2.27. The van der Waals surface area contributed by atoms with E-state index in [2.05, 4.69) is 24.5 Å². The third-order valence-electron chi connectivity index (χ3n) is 4.14. The lowest BCUT2D eigenvalue weighted by atomic mass is 9.75. The van der Waals surface area contributed by atoms with Gasteiger partial charge in [0.25, 0.3) is 0 Å². The molecule has 1 aromatic carbocycles. The Morgan fingerprint density at radius 2 is 2.14 bits per heavy atom. The van der Waals surface area contributed by atoms with Crippen molar-refractivity contribution in [2.24, 2.45) is 5.41 Å². The molecule has 2 rings (SSSR count). The Morgan fingerprint density at radius 3 is 2.86 bits per heavy atom. The number of halogens is 1. The molecule has 0 bridgehead atoms. The van der Waals surface area contributed by atoms with Gasteiger partial charge in [-0.15, -0.1) is 0 Å². The first-order valence-corrected chi connectivity index (χ1v) is 7.74. The van der Waals surface area contributed by atoms with Gasteiger partial charge in [0, 0.05) is 19.0 Å². The molecule has 0 saturated heterocycles. The zero-order chi connectivity index (χ0) is 15.3. The molecule has 0 heterocycles. The summed E-state index contributed by atoms with van der Waals surface area (Å²) in [5.41, 5.74) is 0.645. The first kappa shape index (κ1) is 16.0. The third-order valence-corrected chi connectivity index (χ3v) is 4.14. The smallest absolute Gasteiger partial charge is 0.225 e. The van der Waals surface area contributed by atoms with Crippen LogP contribution in [0.25, 0.3) is 0 Å². The van der Waals surface area contributed by atoms with E-state index >= 15 is 0 Å². The van der Waals surface area contributed by atoms with Crippen LogP contribution in [0, 0.1) is 11.2 Å². The summed E-state index contributed by atoms with van der Waals surface area (Å²) >= 11 is 0. The summed E-state index contributed by atoms with van der Waals surface area (Å²) in [6.07, 6.45) is 5.22. The quantitative estimate of drug-likeness (QED) is 0.868. The third kappa shape index (κ3) is 5.12. The Hall–Kier alpha value is -1.42. The van der Waals surface area contributed by atoms with E-state index < -0.39 is 5.82 Å². The predicted octanol–water partition coefficient (Wildman–Crippen LogP) is 3.71. The number of anilines is 1. The van der Waals surface area contributed by atoms with Crippen molar-refractivity contribution < 1.29 is 9.18 Å². The second kappa shape index (κ2) is 7.03. The first-order chi connectivity index (χ1) is 9.96. The molecule has 1 amide bonds. The van der Waals surface area contributed by atoms with Gasteiger partial charge in [-0.25, -0.2) is 4.39 Å². The second-order valence-electron chi connectivity index (χ2n) is 6.69. The van der Waals surface area contributed by atoms with Gasteiger partial charge in [-0.2, -0.15) is 0 Å². The lowest BCUT2D eigenvalue weighted by Gasteiger charge is -2.35. The molecule has 1 saturated carbocycles. The molecule has 0 spiro atoms. The summed E-state index contributed by atoms with van der Waals surface area (Å²) < 4.78 is 13.4. The normalized spacial score (nSPS) is 21.0. The van der Waals surface area contributed by atoms with Crippen LogP contribution < -0.4 is 10.6 Å². The topological polar surface area (TPSA) is 41.1 Å². The van der Waals surface area contributed by atoms with Crippen molar-refractivity contribution >= 4 is 11.6 Å². The Bertz CT molecular complexity index is 487. The van der Waals surface area contributed by atoms with Gasteiger partial charge in [0.05, 0.1) is 5.69 Å². The fraction of sp³-hybridized carbons (Fsp3) is 0.588. The summed E-state index contributed by atoms with van der Waals surface area (Å²) in [4.78, 5) is 11.8. The van der Waals surface area contributed by atoms with Gasteiger partial charge in [0.2, 0.25) is 5.91 Å². The number of carbonyl (C=O) groups is 1. The monoisotopic (exact) mass is 292 g/mol. The maximum atomic E-state index is 13.4. The first-order valence-electron chi connectivity index (χ1n) is 7.74. The molecule has 21 heavy (non-hydrogen) atoms. The lowest BCUT2D eigenvalue weighted by molar-refractivity contribution is -0.116. The van der Waals surface area contributed by atoms with Crippen LogP contribution in [0.5, 0.6) is 0 Å². The van der Waals surface area contributed by atoms with Gasteiger partial charge in [-0.3, -0.25) is 4.79 Å². The van der Waals surface area contributed by atoms with Crippen molar-refractivity contribution in [3.05, 3.63) is 30.1 Å². The van der Waals surface area contributed by atoms with E-state index in [4.69, 9.17) is 0 Å². The molecule has 4 heteroatoms. The average molecular weight is 292 g/mol. The summed E-state index contributed by atoms with van der Waals surface area (Å²) in [5.74, 6) is -0.546. The molecule has 2 N–H and O–H groups in total. The molecule has 1 aromatic rings. The minimum absolute atomic E-state index is 0.150. The highest BCUT2D eigenvalue weighted by atomic mass is 19.1. The largest absolute Gasteiger partial charge is 0.324 e. The molecule has 1 fully saturated rings. The van der Waals surface area contributed by atoms with Crippen LogP contribution in [0.3, 0.4) is 0 Å². The SMILES string of the molecule is CC1(C)CCCC(NCCC(=O)Nc2ccccc2F)C1. The number of benzene rings is 1. The van der Waals surface area contributed by atoms with Crippen LogP contribution in [0.2, 0.25) is 0 Å². The average Bonchev–Trinajstić information content (AvgIpc) is 2.40. The van der Waals surface area contributed by atoms with Gasteiger partial charge in [0.15, 0.2) is 0 Å². The highest BCUT2D eigenvalue weighted by molar-refractivity contribution is 5.90. The van der Waals surface area contributed by atoms with Crippen LogP contribution in [-0.2, 0) is 4.79 Å². The standard InChI is InChI=1S/C17H25FN2O/c1-17(2)10-5-6-13(12-17)19-11-9-16(21)20-15-8-4-3-7-14(15)18/h3-4,7-8,13,19H,5-6,9-12H2,1-2H3,(H,20,21). The Morgan fingerprint density at radius 1 is 1.38 bits per heavy atom. The molecule has 0 radical (unpaired) electrons. The van der Waals surface area contributed by atoms with E-state index in [-0.39, 0.29) is 11.6 Å². The van der Waals surface area contributed by atoms with Gasteiger partial charge in [-0.1, -0.05) is 32.4 Å². The van der Waals surface area contributed by atoms with Gasteiger partial charge in [0.1, 0.15) is 5.82 Å². The van der Waals surface area contributed by atoms with Crippen molar-refractivity contribution in [3.63, 3.8) is 0 Å². The fourth-order valence-corrected chi connectivity index (χ4v) is 3.04. The maximum absolute atomic E-state index is 13.4. The molecule has 1 aliphatic rings. The second-order valence-corrected chi connectivity index (χ2v) is 6.69. The van der Waals surface area contributed by atoms with Crippen molar-refractivity contribution in [1.82, 2.24) is 5.32 Å². The number of nitrogens with one attached hydrogen (secondary N) is 2. The zero-order valence-corrected chi connectivity index (χ0v) is 12.9. The highest BCUT2D eigenvalue weighted by Crippen LogP contribution is 2.34. The summed E-state index contributed by atoms with van der Waals surface area (Å²) in [6.45, 7) is 5.23. The number of hydrogen-bond acceptors (Lipinski definition) is 2. The van der Waals surface area contributed by atoms with E-state index in [1.807, 2.05) is 0 Å². The van der Waals surface area contributed by atoms with E-state index in [0.717, 1.165) is 6.42 Å². The van der Waals surface area contributed by atoms with E-state index in [0.29, 0.717) is 24.4 Å². The fourth-order valence-electron chi connectivity index (χ4n) is 3.04. The van der Waals surface area contributed by atoms with Crippen LogP contribution in [-0.4, -0.2) is 18.5 Å². The minimum atomic E-state index is -0.396. The van der Waals surface area contributed by atoms with Crippen LogP contribution in [0.4, 0.5) is 10.1 Å². The Kier molecular flexibility index (Phi) is 5.34. The van der Waals surface area contributed by atoms with Gasteiger partial charge in [-0.05, 0) is 36.8 Å². The van der Waals surface area contributed by atoms with Crippen molar-refractivity contribution in [2.45, 2.75) is 52.0 Å². The molecule has 0 aliphatic heterocycles. The van der Waals surface area contributed by atoms with Crippen LogP contribution in [0.15, 0.2) is 24.3 Å². The number of hydrogen-bond donors (Lipinski definition) is 2. The number of para-hydroxylation sites is 1. The molecule has 0 aromatic heterocycles. The molecular formula is C17H25FN2O. The van der Waals surface area contributed by atoms with E-state index in [1.165, 1.54) is 25.3 Å². The summed E-state index contributed by atoms with van der Waals surface area (Å²) in [7, 11) is 0. The van der Waals surface area contributed by atoms with E-state index in [9.17, 15) is 9.18 Å². The summed E-state index contributed by atoms with van der Waals surface area (Å²) in [6, 6.07) is 6.73. The van der Waals surface area contributed by atoms with Crippen molar-refractivity contribution in [1.29, 1.82) is 0 Å². The van der Waals surface area contributed by atoms with Crippen molar-refractivity contribution in [3.8, 4) is 0 Å². The van der Waals surface area contributed by atoms with E-state index in [1.54, 1.807) is 18.2 Å². The van der Waals surface area contributed by atoms with Crippen LogP contribution in [0.1, 0.15) is 46.0 Å². The molecular weight excluding hydrogens is 267 g/mol. The number of rotatable bonds is 5. The molecule has 116 valence electrons. The maximum Gasteiger partial charge on any atom is 0.225 e. The lowest BCUT2D eigenvalue weighted by Crippen LogP contribution is -2.38. The van der Waals surface area contributed by atoms with Crippen molar-refractivity contribution in [2.75, 3.05) is 11.9 Å². The van der Waals surface area contributed by atoms with Gasteiger partial charge >= 0.3 is 0 Å². The molecule has 3 nitrogen and oxygen atoms in total. The zero-order valence-electron chi connectivity index (χ0n) is 12.9. The number of carbonyl (C=O) groups excluding carboxylic acids is 1. The predicted molar refractivity (Wildman–Crippen MR) is 83.7 cm³/mol. The van der Waals surface area contributed by atoms with Gasteiger partial charge < -0.3 is 10.6 Å². The van der Waals surface area contributed by atoms with Crippen LogP contribution >= 0.6 is 0 Å². The molecule has 1 unspecified atom stereocenters. The summed E-state index contributed by atoms with van der Waals surface area (Å²) in [5, 5.41) is 6.06. The Labute approximate surface area is 126 Å². The minimum Gasteiger partial charge on any atom is -0.324 e. The Balaban J connectivity index is 1.71.